The smallest absolute Gasteiger partial charge is 0.251 e. The lowest BCUT2D eigenvalue weighted by Gasteiger charge is -2.49. The second kappa shape index (κ2) is 9.73. The third kappa shape index (κ3) is 5.24. The fourth-order valence-electron chi connectivity index (χ4n) is 4.47. The first-order valence-electron chi connectivity index (χ1n) is 11.1. The fourth-order valence-corrected chi connectivity index (χ4v) is 4.47. The van der Waals surface area contributed by atoms with Gasteiger partial charge in [0.25, 0.3) is 5.91 Å². The topological polar surface area (TPSA) is 61.8 Å². The summed E-state index contributed by atoms with van der Waals surface area (Å²) in [6.07, 6.45) is 0.501. The number of piperidine rings is 1. The molecule has 5 nitrogen and oxygen atoms in total. The Morgan fingerprint density at radius 2 is 1.76 bits per heavy atom. The molecule has 4 rings (SSSR count). The number of hydrogen-bond acceptors (Lipinski definition) is 4. The average molecular weight is 449 g/mol. The van der Waals surface area contributed by atoms with Crippen LogP contribution < -0.4 is 10.1 Å². The van der Waals surface area contributed by atoms with Crippen molar-refractivity contribution in [1.82, 2.24) is 10.2 Å². The zero-order valence-electron chi connectivity index (χ0n) is 18.9. The highest BCUT2D eigenvalue weighted by molar-refractivity contribution is 5.94. The van der Waals surface area contributed by atoms with Gasteiger partial charge in [-0.05, 0) is 60.9 Å². The molecule has 1 heterocycles. The van der Waals surface area contributed by atoms with Gasteiger partial charge in [0.15, 0.2) is 0 Å². The lowest BCUT2D eigenvalue weighted by Crippen LogP contribution is -2.62. The predicted octanol–water partition coefficient (Wildman–Crippen LogP) is 4.33. The SMILES string of the molecule is COc1ccc(CN2CCC(C)(O)C(NC(=O)c3ccc(F)cc3)C2c2ccccc2)cc1. The highest BCUT2D eigenvalue weighted by Crippen LogP contribution is 2.38. The van der Waals surface area contributed by atoms with Gasteiger partial charge in [0.1, 0.15) is 11.6 Å². The summed E-state index contributed by atoms with van der Waals surface area (Å²) in [5.41, 5.74) is 1.36. The maximum atomic E-state index is 13.3. The van der Waals surface area contributed by atoms with Crippen molar-refractivity contribution in [3.63, 3.8) is 0 Å². The van der Waals surface area contributed by atoms with E-state index >= 15 is 0 Å². The highest BCUT2D eigenvalue weighted by atomic mass is 19.1. The first-order chi connectivity index (χ1) is 15.9. The first-order valence-corrected chi connectivity index (χ1v) is 11.1. The number of carbonyl (C=O) groups is 1. The molecule has 0 spiro atoms. The lowest BCUT2D eigenvalue weighted by molar-refractivity contribution is -0.0664. The Balaban J connectivity index is 1.66. The molecular weight excluding hydrogens is 419 g/mol. The average Bonchev–Trinajstić information content (AvgIpc) is 2.83. The molecule has 1 aliphatic heterocycles. The molecule has 1 aliphatic rings. The van der Waals surface area contributed by atoms with Crippen LogP contribution in [0.25, 0.3) is 0 Å². The Hall–Kier alpha value is -3.22. The summed E-state index contributed by atoms with van der Waals surface area (Å²) in [7, 11) is 1.64. The van der Waals surface area contributed by atoms with Crippen molar-refractivity contribution in [2.24, 2.45) is 0 Å². The summed E-state index contributed by atoms with van der Waals surface area (Å²) >= 11 is 0. The summed E-state index contributed by atoms with van der Waals surface area (Å²) < 4.78 is 18.6. The van der Waals surface area contributed by atoms with Gasteiger partial charge in [-0.25, -0.2) is 4.39 Å². The minimum Gasteiger partial charge on any atom is -0.497 e. The summed E-state index contributed by atoms with van der Waals surface area (Å²) in [5.74, 6) is 0.0564. The van der Waals surface area contributed by atoms with Crippen LogP contribution >= 0.6 is 0 Å². The molecule has 3 unspecified atom stereocenters. The molecule has 1 fully saturated rings. The molecule has 172 valence electrons. The molecule has 3 aromatic rings. The molecule has 1 saturated heterocycles. The molecule has 1 amide bonds. The van der Waals surface area contributed by atoms with Crippen LogP contribution in [0, 0.1) is 5.82 Å². The van der Waals surface area contributed by atoms with Crippen LogP contribution in [0.4, 0.5) is 4.39 Å². The zero-order chi connectivity index (χ0) is 23.4. The maximum absolute atomic E-state index is 13.3. The Morgan fingerprint density at radius 3 is 2.39 bits per heavy atom. The van der Waals surface area contributed by atoms with Crippen molar-refractivity contribution >= 4 is 5.91 Å². The van der Waals surface area contributed by atoms with E-state index in [1.807, 2.05) is 54.6 Å². The van der Waals surface area contributed by atoms with E-state index in [-0.39, 0.29) is 11.9 Å². The van der Waals surface area contributed by atoms with Crippen molar-refractivity contribution < 1.29 is 19.0 Å². The Kier molecular flexibility index (Phi) is 6.77. The number of methoxy groups -OCH3 is 1. The quantitative estimate of drug-likeness (QED) is 0.589. The Labute approximate surface area is 193 Å². The van der Waals surface area contributed by atoms with Crippen LogP contribution in [-0.2, 0) is 6.54 Å². The van der Waals surface area contributed by atoms with Crippen LogP contribution in [0.5, 0.6) is 5.75 Å². The van der Waals surface area contributed by atoms with E-state index in [9.17, 15) is 14.3 Å². The molecular formula is C27H29FN2O3. The van der Waals surface area contributed by atoms with E-state index in [0.717, 1.165) is 16.9 Å². The monoisotopic (exact) mass is 448 g/mol. The van der Waals surface area contributed by atoms with Crippen molar-refractivity contribution in [3.05, 3.63) is 101 Å². The molecule has 3 atom stereocenters. The zero-order valence-corrected chi connectivity index (χ0v) is 18.9. The third-order valence-corrected chi connectivity index (χ3v) is 6.36. The Bertz CT molecular complexity index is 1070. The molecule has 0 radical (unpaired) electrons. The molecule has 0 saturated carbocycles. The summed E-state index contributed by atoms with van der Waals surface area (Å²) in [4.78, 5) is 15.3. The molecule has 0 aliphatic carbocycles. The van der Waals surface area contributed by atoms with Crippen molar-refractivity contribution in [2.45, 2.75) is 37.6 Å². The molecule has 3 aromatic carbocycles. The molecule has 0 bridgehead atoms. The van der Waals surface area contributed by atoms with E-state index in [0.29, 0.717) is 25.1 Å². The van der Waals surface area contributed by atoms with Gasteiger partial charge < -0.3 is 15.2 Å². The number of carbonyl (C=O) groups excluding carboxylic acids is 1. The number of hydrogen-bond donors (Lipinski definition) is 2. The second-order valence-electron chi connectivity index (χ2n) is 8.74. The summed E-state index contributed by atoms with van der Waals surface area (Å²) in [6.45, 7) is 3.09. The lowest BCUT2D eigenvalue weighted by atomic mass is 9.79. The van der Waals surface area contributed by atoms with Crippen LogP contribution in [0.2, 0.25) is 0 Å². The third-order valence-electron chi connectivity index (χ3n) is 6.36. The number of nitrogens with zero attached hydrogens (tertiary/aromatic N) is 1. The summed E-state index contributed by atoms with van der Waals surface area (Å²) in [5, 5.41) is 14.4. The number of halogens is 1. The van der Waals surface area contributed by atoms with Crippen molar-refractivity contribution in [3.8, 4) is 5.75 Å². The van der Waals surface area contributed by atoms with Gasteiger partial charge in [-0.1, -0.05) is 42.5 Å². The number of aliphatic hydroxyl groups is 1. The van der Waals surface area contributed by atoms with Crippen molar-refractivity contribution in [1.29, 1.82) is 0 Å². The summed E-state index contributed by atoms with van der Waals surface area (Å²) in [6, 6.07) is 22.4. The van der Waals surface area contributed by atoms with Crippen molar-refractivity contribution in [2.75, 3.05) is 13.7 Å². The molecule has 0 aromatic heterocycles. The molecule has 33 heavy (non-hydrogen) atoms. The van der Waals surface area contributed by atoms with Gasteiger partial charge in [0.2, 0.25) is 0 Å². The van der Waals surface area contributed by atoms with Gasteiger partial charge in [0.05, 0.1) is 24.8 Å². The van der Waals surface area contributed by atoms with E-state index in [4.69, 9.17) is 4.74 Å². The van der Waals surface area contributed by atoms with Gasteiger partial charge >= 0.3 is 0 Å². The van der Waals surface area contributed by atoms with Gasteiger partial charge in [-0.2, -0.15) is 0 Å². The van der Waals surface area contributed by atoms with Gasteiger partial charge in [-0.15, -0.1) is 0 Å². The van der Waals surface area contributed by atoms with Crippen LogP contribution in [0.15, 0.2) is 78.9 Å². The predicted molar refractivity (Wildman–Crippen MR) is 125 cm³/mol. The maximum Gasteiger partial charge on any atom is 0.251 e. The number of likely N-dealkylation sites (tertiary alicyclic amines) is 1. The number of amides is 1. The second-order valence-corrected chi connectivity index (χ2v) is 8.74. The number of ether oxygens (including phenoxy) is 1. The Morgan fingerprint density at radius 1 is 1.09 bits per heavy atom. The fraction of sp³-hybridized carbons (Fsp3) is 0.296. The minimum atomic E-state index is -1.12. The van der Waals surface area contributed by atoms with E-state index in [1.165, 1.54) is 24.3 Å². The van der Waals surface area contributed by atoms with Gasteiger partial charge in [-0.3, -0.25) is 9.69 Å². The highest BCUT2D eigenvalue weighted by Gasteiger charge is 2.46. The van der Waals surface area contributed by atoms with E-state index in [2.05, 4.69) is 10.2 Å². The van der Waals surface area contributed by atoms with Crippen LogP contribution in [0.1, 0.15) is 40.9 Å². The normalized spacial score (nSPS) is 23.2. The number of benzene rings is 3. The van der Waals surface area contributed by atoms with Crippen LogP contribution in [0.3, 0.4) is 0 Å². The van der Waals surface area contributed by atoms with E-state index < -0.39 is 17.5 Å². The largest absolute Gasteiger partial charge is 0.497 e. The molecule has 6 heteroatoms. The molecule has 2 N–H and O–H groups in total. The van der Waals surface area contributed by atoms with E-state index in [1.54, 1.807) is 14.0 Å². The number of rotatable bonds is 6. The standard InChI is InChI=1S/C27H29FN2O3/c1-27(32)16-17-30(18-19-8-14-23(33-2)15-9-19)24(20-6-4-3-5-7-20)25(27)29-26(31)21-10-12-22(28)13-11-21/h3-15,24-25,32H,16-18H2,1-2H3,(H,29,31). The first kappa shape index (κ1) is 23.0. The van der Waals surface area contributed by atoms with Crippen LogP contribution in [-0.4, -0.2) is 41.2 Å². The minimum absolute atomic E-state index is 0.249. The van der Waals surface area contributed by atoms with Gasteiger partial charge in [0, 0.05) is 18.7 Å². The number of nitrogens with one attached hydrogen (secondary N) is 1.